The van der Waals surface area contributed by atoms with Crippen molar-refractivity contribution >= 4 is 21.7 Å². The van der Waals surface area contributed by atoms with Crippen LogP contribution in [-0.4, -0.2) is 5.78 Å². The molecule has 0 aromatic heterocycles. The average molecular weight is 314 g/mol. The van der Waals surface area contributed by atoms with E-state index in [1.54, 1.807) is 24.3 Å². The molecule has 0 spiro atoms. The summed E-state index contributed by atoms with van der Waals surface area (Å²) < 4.78 is 0.910. The molecule has 2 nitrogen and oxygen atoms in total. The molecule has 0 bridgehead atoms. The molecular weight excluding hydrogens is 302 g/mol. The summed E-state index contributed by atoms with van der Waals surface area (Å²) in [6.45, 7) is 1.97. The summed E-state index contributed by atoms with van der Waals surface area (Å²) in [6, 6.07) is 16.6. The first-order valence-corrected chi connectivity index (χ1v) is 6.67. The lowest BCUT2D eigenvalue weighted by molar-refractivity contribution is 0.0979. The van der Waals surface area contributed by atoms with Crippen LogP contribution in [0.15, 0.2) is 53.0 Å². The van der Waals surface area contributed by atoms with Gasteiger partial charge in [-0.3, -0.25) is 4.79 Å². The Morgan fingerprint density at radius 2 is 1.68 bits per heavy atom. The van der Waals surface area contributed by atoms with Crippen LogP contribution in [0.5, 0.6) is 0 Å². The van der Waals surface area contributed by atoms with Gasteiger partial charge >= 0.3 is 0 Å². The van der Waals surface area contributed by atoms with Crippen LogP contribution in [0.2, 0.25) is 0 Å². The number of hydrogen-bond donors (Lipinski definition) is 0. The molecule has 0 heterocycles. The monoisotopic (exact) mass is 313 g/mol. The molecule has 0 N–H and O–H groups in total. The first-order chi connectivity index (χ1) is 9.11. The Balaban J connectivity index is 2.32. The largest absolute Gasteiger partial charge is 0.292 e. The summed E-state index contributed by atoms with van der Waals surface area (Å²) in [4.78, 5) is 12.3. The molecule has 0 fully saturated rings. The predicted octanol–water partition coefficient (Wildman–Crippen LogP) is 4.25. The number of nitriles is 1. The molecule has 0 saturated carbocycles. The van der Waals surface area contributed by atoms with Crippen molar-refractivity contribution in [3.05, 3.63) is 69.7 Å². The third-order valence-corrected chi connectivity index (χ3v) is 3.46. The second-order valence-electron chi connectivity index (χ2n) is 4.34. The van der Waals surface area contributed by atoms with Gasteiger partial charge in [0.15, 0.2) is 5.78 Å². The quantitative estimate of drug-likeness (QED) is 0.795. The standard InChI is InChI=1S/C16H12BrNO/c1-11-2-4-12(5-3-11)15(10-18)16(19)13-6-8-14(17)9-7-13/h2-9,15H,1H3. The third-order valence-electron chi connectivity index (χ3n) is 2.93. The van der Waals surface area contributed by atoms with Crippen molar-refractivity contribution in [3.8, 4) is 6.07 Å². The molecule has 0 radical (unpaired) electrons. The smallest absolute Gasteiger partial charge is 0.184 e. The molecule has 94 valence electrons. The maximum absolute atomic E-state index is 12.3. The van der Waals surface area contributed by atoms with Crippen molar-refractivity contribution in [2.75, 3.05) is 0 Å². The highest BCUT2D eigenvalue weighted by Gasteiger charge is 2.21. The Morgan fingerprint density at radius 1 is 1.11 bits per heavy atom. The lowest BCUT2D eigenvalue weighted by Gasteiger charge is -2.09. The number of carbonyl (C=O) groups is 1. The van der Waals surface area contributed by atoms with Crippen molar-refractivity contribution in [3.63, 3.8) is 0 Å². The number of halogens is 1. The second kappa shape index (κ2) is 5.81. The Labute approximate surface area is 120 Å². The minimum Gasteiger partial charge on any atom is -0.292 e. The van der Waals surface area contributed by atoms with Crippen molar-refractivity contribution < 1.29 is 4.79 Å². The van der Waals surface area contributed by atoms with Gasteiger partial charge in [0.2, 0.25) is 0 Å². The van der Waals surface area contributed by atoms with Crippen LogP contribution in [0.3, 0.4) is 0 Å². The number of hydrogen-bond acceptors (Lipinski definition) is 2. The highest BCUT2D eigenvalue weighted by atomic mass is 79.9. The van der Waals surface area contributed by atoms with Gasteiger partial charge in [0.1, 0.15) is 5.92 Å². The molecular formula is C16H12BrNO. The molecule has 2 aromatic rings. The highest BCUT2D eigenvalue weighted by molar-refractivity contribution is 9.10. The van der Waals surface area contributed by atoms with E-state index in [0.29, 0.717) is 5.56 Å². The van der Waals surface area contributed by atoms with E-state index in [2.05, 4.69) is 22.0 Å². The zero-order chi connectivity index (χ0) is 13.8. The van der Waals surface area contributed by atoms with Gasteiger partial charge in [0, 0.05) is 10.0 Å². The molecule has 2 aromatic carbocycles. The molecule has 1 unspecified atom stereocenters. The van der Waals surface area contributed by atoms with Gasteiger partial charge < -0.3 is 0 Å². The molecule has 3 heteroatoms. The zero-order valence-electron chi connectivity index (χ0n) is 10.4. The first-order valence-electron chi connectivity index (χ1n) is 5.88. The van der Waals surface area contributed by atoms with Crippen LogP contribution in [0.25, 0.3) is 0 Å². The minimum atomic E-state index is -0.748. The lowest BCUT2D eigenvalue weighted by Crippen LogP contribution is -2.11. The summed E-state index contributed by atoms with van der Waals surface area (Å²) >= 11 is 3.33. The minimum absolute atomic E-state index is 0.168. The van der Waals surface area contributed by atoms with E-state index in [1.807, 2.05) is 31.2 Å². The molecule has 2 rings (SSSR count). The van der Waals surface area contributed by atoms with Crippen LogP contribution in [0.1, 0.15) is 27.4 Å². The van der Waals surface area contributed by atoms with Gasteiger partial charge in [-0.1, -0.05) is 57.9 Å². The van der Waals surface area contributed by atoms with Crippen molar-refractivity contribution in [2.45, 2.75) is 12.8 Å². The number of benzene rings is 2. The Hall–Kier alpha value is -1.92. The van der Waals surface area contributed by atoms with Crippen LogP contribution in [0, 0.1) is 18.3 Å². The SMILES string of the molecule is Cc1ccc(C(C#N)C(=O)c2ccc(Br)cc2)cc1. The summed E-state index contributed by atoms with van der Waals surface area (Å²) in [5, 5.41) is 9.25. The van der Waals surface area contributed by atoms with E-state index >= 15 is 0 Å². The Morgan fingerprint density at radius 3 is 2.21 bits per heavy atom. The maximum atomic E-state index is 12.3. The van der Waals surface area contributed by atoms with Crippen molar-refractivity contribution in [1.82, 2.24) is 0 Å². The molecule has 19 heavy (non-hydrogen) atoms. The molecule has 1 atom stereocenters. The maximum Gasteiger partial charge on any atom is 0.184 e. The van der Waals surface area contributed by atoms with E-state index in [1.165, 1.54) is 0 Å². The van der Waals surface area contributed by atoms with Crippen molar-refractivity contribution in [2.24, 2.45) is 0 Å². The molecule has 0 aliphatic carbocycles. The number of ketones is 1. The fraction of sp³-hybridized carbons (Fsp3) is 0.125. The summed E-state index contributed by atoms with van der Waals surface area (Å²) in [7, 11) is 0. The van der Waals surface area contributed by atoms with E-state index < -0.39 is 5.92 Å². The van der Waals surface area contributed by atoms with E-state index in [0.717, 1.165) is 15.6 Å². The van der Waals surface area contributed by atoms with E-state index in [9.17, 15) is 10.1 Å². The number of aryl methyl sites for hydroxylation is 1. The lowest BCUT2D eigenvalue weighted by atomic mass is 9.91. The second-order valence-corrected chi connectivity index (χ2v) is 5.26. The van der Waals surface area contributed by atoms with Crippen LogP contribution in [-0.2, 0) is 0 Å². The fourth-order valence-corrected chi connectivity index (χ4v) is 2.09. The molecule has 0 aliphatic heterocycles. The number of nitrogens with zero attached hydrogens (tertiary/aromatic N) is 1. The van der Waals surface area contributed by atoms with Gasteiger partial charge in [-0.05, 0) is 24.6 Å². The highest BCUT2D eigenvalue weighted by Crippen LogP contribution is 2.22. The fourth-order valence-electron chi connectivity index (χ4n) is 1.82. The topological polar surface area (TPSA) is 40.9 Å². The summed E-state index contributed by atoms with van der Waals surface area (Å²) in [5.41, 5.74) is 2.40. The molecule has 0 saturated heterocycles. The number of rotatable bonds is 3. The molecule has 0 amide bonds. The number of Topliss-reactive ketones (excluding diaryl/α,β-unsaturated/α-hetero) is 1. The third kappa shape index (κ3) is 3.10. The summed E-state index contributed by atoms with van der Waals surface area (Å²) in [6.07, 6.45) is 0. The predicted molar refractivity (Wildman–Crippen MR) is 78.0 cm³/mol. The van der Waals surface area contributed by atoms with E-state index in [-0.39, 0.29) is 5.78 Å². The zero-order valence-corrected chi connectivity index (χ0v) is 12.0. The van der Waals surface area contributed by atoms with Gasteiger partial charge in [0.25, 0.3) is 0 Å². The van der Waals surface area contributed by atoms with Gasteiger partial charge in [-0.15, -0.1) is 0 Å². The van der Waals surface area contributed by atoms with Gasteiger partial charge in [0.05, 0.1) is 6.07 Å². The number of carbonyl (C=O) groups excluding carboxylic acids is 1. The van der Waals surface area contributed by atoms with Crippen molar-refractivity contribution in [1.29, 1.82) is 5.26 Å². The van der Waals surface area contributed by atoms with Crippen LogP contribution >= 0.6 is 15.9 Å². The van der Waals surface area contributed by atoms with Gasteiger partial charge in [-0.2, -0.15) is 5.26 Å². The van der Waals surface area contributed by atoms with Crippen LogP contribution in [0.4, 0.5) is 0 Å². The first kappa shape index (κ1) is 13.5. The van der Waals surface area contributed by atoms with Gasteiger partial charge in [-0.25, -0.2) is 0 Å². The Kier molecular flexibility index (Phi) is 4.13. The average Bonchev–Trinajstić information content (AvgIpc) is 2.42. The molecule has 0 aliphatic rings. The normalized spacial score (nSPS) is 11.6. The van der Waals surface area contributed by atoms with Crippen LogP contribution < -0.4 is 0 Å². The summed E-state index contributed by atoms with van der Waals surface area (Å²) in [5.74, 6) is -0.916. The Bertz CT molecular complexity index is 623. The van der Waals surface area contributed by atoms with E-state index in [4.69, 9.17) is 0 Å².